The molecule has 1 aliphatic rings. The quantitative estimate of drug-likeness (QED) is 0.806. The van der Waals surface area contributed by atoms with Crippen LogP contribution in [0.25, 0.3) is 0 Å². The summed E-state index contributed by atoms with van der Waals surface area (Å²) in [4.78, 5) is 4.20. The Morgan fingerprint density at radius 2 is 2.62 bits per heavy atom. The SMILES string of the molecule is FCc1csc(CC2CCCN2)n1. The van der Waals surface area contributed by atoms with E-state index in [1.807, 2.05) is 5.38 Å². The molecule has 1 fully saturated rings. The van der Waals surface area contributed by atoms with E-state index in [0.717, 1.165) is 18.0 Å². The summed E-state index contributed by atoms with van der Waals surface area (Å²) in [5.41, 5.74) is 0.581. The first-order chi connectivity index (χ1) is 6.38. The molecule has 72 valence electrons. The van der Waals surface area contributed by atoms with Crippen molar-refractivity contribution < 1.29 is 4.39 Å². The number of halogens is 1. The van der Waals surface area contributed by atoms with Crippen LogP contribution in [0.1, 0.15) is 23.5 Å². The number of hydrogen-bond donors (Lipinski definition) is 1. The molecular formula is C9H13FN2S. The second kappa shape index (κ2) is 4.15. The van der Waals surface area contributed by atoms with E-state index in [-0.39, 0.29) is 0 Å². The predicted molar refractivity (Wildman–Crippen MR) is 51.7 cm³/mol. The van der Waals surface area contributed by atoms with Crippen LogP contribution in [0.2, 0.25) is 0 Å². The van der Waals surface area contributed by atoms with Crippen molar-refractivity contribution in [2.45, 2.75) is 32.0 Å². The molecule has 0 bridgehead atoms. The number of nitrogens with zero attached hydrogens (tertiary/aromatic N) is 1. The maximum Gasteiger partial charge on any atom is 0.132 e. The van der Waals surface area contributed by atoms with Gasteiger partial charge in [0, 0.05) is 17.8 Å². The molecule has 0 radical (unpaired) electrons. The minimum Gasteiger partial charge on any atom is -0.314 e. The van der Waals surface area contributed by atoms with Crippen LogP contribution in [0.5, 0.6) is 0 Å². The van der Waals surface area contributed by atoms with E-state index in [1.165, 1.54) is 12.8 Å². The van der Waals surface area contributed by atoms with Gasteiger partial charge in [-0.15, -0.1) is 11.3 Å². The van der Waals surface area contributed by atoms with Crippen LogP contribution in [-0.2, 0) is 13.1 Å². The topological polar surface area (TPSA) is 24.9 Å². The summed E-state index contributed by atoms with van der Waals surface area (Å²) >= 11 is 1.57. The molecule has 1 aliphatic heterocycles. The number of thiazole rings is 1. The van der Waals surface area contributed by atoms with Crippen LogP contribution >= 0.6 is 11.3 Å². The van der Waals surface area contributed by atoms with Crippen molar-refractivity contribution in [2.75, 3.05) is 6.54 Å². The van der Waals surface area contributed by atoms with E-state index in [2.05, 4.69) is 10.3 Å². The standard InChI is InChI=1S/C9H13FN2S/c10-5-8-6-13-9(12-8)4-7-2-1-3-11-7/h6-7,11H,1-5H2. The molecule has 0 saturated carbocycles. The molecule has 4 heteroatoms. The van der Waals surface area contributed by atoms with Gasteiger partial charge in [-0.1, -0.05) is 0 Å². The molecule has 13 heavy (non-hydrogen) atoms. The van der Waals surface area contributed by atoms with Gasteiger partial charge in [0.2, 0.25) is 0 Å². The highest BCUT2D eigenvalue weighted by Gasteiger charge is 2.15. The fourth-order valence-corrected chi connectivity index (χ4v) is 2.50. The van der Waals surface area contributed by atoms with Gasteiger partial charge in [-0.25, -0.2) is 9.37 Å². The highest BCUT2D eigenvalue weighted by Crippen LogP contribution is 2.16. The lowest BCUT2D eigenvalue weighted by molar-refractivity contribution is 0.476. The number of alkyl halides is 1. The number of aromatic nitrogens is 1. The number of nitrogens with one attached hydrogen (secondary N) is 1. The van der Waals surface area contributed by atoms with Gasteiger partial charge in [0.05, 0.1) is 10.7 Å². The summed E-state index contributed by atoms with van der Waals surface area (Å²) < 4.78 is 12.2. The van der Waals surface area contributed by atoms with Gasteiger partial charge in [0.25, 0.3) is 0 Å². The summed E-state index contributed by atoms with van der Waals surface area (Å²) in [6.07, 6.45) is 3.45. The molecule has 1 unspecified atom stereocenters. The fourth-order valence-electron chi connectivity index (χ4n) is 1.65. The van der Waals surface area contributed by atoms with Crippen molar-refractivity contribution in [1.82, 2.24) is 10.3 Å². The van der Waals surface area contributed by atoms with Crippen LogP contribution in [0, 0.1) is 0 Å². The molecule has 2 rings (SSSR count). The third-order valence-electron chi connectivity index (χ3n) is 2.32. The van der Waals surface area contributed by atoms with Crippen LogP contribution < -0.4 is 5.32 Å². The monoisotopic (exact) mass is 200 g/mol. The van der Waals surface area contributed by atoms with Gasteiger partial charge < -0.3 is 5.32 Å². The van der Waals surface area contributed by atoms with Gasteiger partial charge in [-0.2, -0.15) is 0 Å². The van der Waals surface area contributed by atoms with E-state index < -0.39 is 6.67 Å². The second-order valence-corrected chi connectivity index (χ2v) is 4.31. The zero-order valence-electron chi connectivity index (χ0n) is 7.42. The van der Waals surface area contributed by atoms with Crippen molar-refractivity contribution in [3.8, 4) is 0 Å². The lowest BCUT2D eigenvalue weighted by Crippen LogP contribution is -2.23. The largest absolute Gasteiger partial charge is 0.314 e. The zero-order valence-corrected chi connectivity index (χ0v) is 8.24. The molecule has 0 aromatic carbocycles. The minimum absolute atomic E-state index is 0.436. The number of rotatable bonds is 3. The van der Waals surface area contributed by atoms with E-state index in [9.17, 15) is 4.39 Å². The Morgan fingerprint density at radius 3 is 3.23 bits per heavy atom. The summed E-state index contributed by atoms with van der Waals surface area (Å²) in [6.45, 7) is 0.681. The fraction of sp³-hybridized carbons (Fsp3) is 0.667. The summed E-state index contributed by atoms with van der Waals surface area (Å²) in [7, 11) is 0. The van der Waals surface area contributed by atoms with Crippen molar-refractivity contribution in [1.29, 1.82) is 0 Å². The number of hydrogen-bond acceptors (Lipinski definition) is 3. The molecule has 1 aromatic heterocycles. The predicted octanol–water partition coefficient (Wildman–Crippen LogP) is 1.91. The highest BCUT2D eigenvalue weighted by atomic mass is 32.1. The molecule has 1 atom stereocenters. The minimum atomic E-state index is -0.436. The average molecular weight is 200 g/mol. The van der Waals surface area contributed by atoms with Crippen molar-refractivity contribution >= 4 is 11.3 Å². The molecular weight excluding hydrogens is 187 g/mol. The normalized spacial score (nSPS) is 22.4. The summed E-state index contributed by atoms with van der Waals surface area (Å²) in [5, 5.41) is 6.28. The Balaban J connectivity index is 1.92. The maximum absolute atomic E-state index is 12.2. The molecule has 2 heterocycles. The van der Waals surface area contributed by atoms with Gasteiger partial charge in [0.15, 0.2) is 0 Å². The Hall–Kier alpha value is -0.480. The molecule has 0 amide bonds. The molecule has 0 spiro atoms. The average Bonchev–Trinajstić information content (AvgIpc) is 2.76. The van der Waals surface area contributed by atoms with E-state index in [1.54, 1.807) is 11.3 Å². The molecule has 2 nitrogen and oxygen atoms in total. The van der Waals surface area contributed by atoms with Crippen molar-refractivity contribution in [2.24, 2.45) is 0 Å². The van der Waals surface area contributed by atoms with Gasteiger partial charge in [-0.3, -0.25) is 0 Å². The van der Waals surface area contributed by atoms with Crippen molar-refractivity contribution in [3.63, 3.8) is 0 Å². The Morgan fingerprint density at radius 1 is 1.69 bits per heavy atom. The first kappa shape index (κ1) is 9.09. The van der Waals surface area contributed by atoms with E-state index in [0.29, 0.717) is 11.7 Å². The molecule has 1 saturated heterocycles. The zero-order chi connectivity index (χ0) is 9.10. The lowest BCUT2D eigenvalue weighted by atomic mass is 10.2. The van der Waals surface area contributed by atoms with Crippen molar-refractivity contribution in [3.05, 3.63) is 16.1 Å². The Kier molecular flexibility index (Phi) is 2.90. The smallest absolute Gasteiger partial charge is 0.132 e. The molecule has 0 aliphatic carbocycles. The Labute approximate surface area is 81.2 Å². The van der Waals surface area contributed by atoms with E-state index >= 15 is 0 Å². The third kappa shape index (κ3) is 2.25. The van der Waals surface area contributed by atoms with Gasteiger partial charge in [-0.05, 0) is 19.4 Å². The molecule has 1 aromatic rings. The van der Waals surface area contributed by atoms with Crippen LogP contribution in [0.3, 0.4) is 0 Å². The first-order valence-electron chi connectivity index (χ1n) is 4.61. The van der Waals surface area contributed by atoms with Crippen LogP contribution in [-0.4, -0.2) is 17.6 Å². The maximum atomic E-state index is 12.2. The van der Waals surface area contributed by atoms with E-state index in [4.69, 9.17) is 0 Å². The van der Waals surface area contributed by atoms with Gasteiger partial charge in [0.1, 0.15) is 6.67 Å². The Bertz CT molecular complexity index is 268. The summed E-state index contributed by atoms with van der Waals surface area (Å²) in [6, 6.07) is 0.568. The molecule has 1 N–H and O–H groups in total. The van der Waals surface area contributed by atoms with Crippen LogP contribution in [0.4, 0.5) is 4.39 Å². The lowest BCUT2D eigenvalue weighted by Gasteiger charge is -2.05. The van der Waals surface area contributed by atoms with Crippen LogP contribution in [0.15, 0.2) is 5.38 Å². The first-order valence-corrected chi connectivity index (χ1v) is 5.49. The highest BCUT2D eigenvalue weighted by molar-refractivity contribution is 7.09. The summed E-state index contributed by atoms with van der Waals surface area (Å²) in [5.74, 6) is 0. The second-order valence-electron chi connectivity index (χ2n) is 3.36. The van der Waals surface area contributed by atoms with Gasteiger partial charge >= 0.3 is 0 Å². The third-order valence-corrected chi connectivity index (χ3v) is 3.24.